The number of carbonyl (C=O) groups excluding carboxylic acids is 2. The molecular weight excluding hydrogens is 500 g/mol. The fourth-order valence-electron chi connectivity index (χ4n) is 5.63. The van der Waals surface area contributed by atoms with Gasteiger partial charge in [-0.2, -0.15) is 0 Å². The number of rotatable bonds is 6. The summed E-state index contributed by atoms with van der Waals surface area (Å²) in [5, 5.41) is 5.49. The summed E-state index contributed by atoms with van der Waals surface area (Å²) in [5.41, 5.74) is 2.27. The van der Waals surface area contributed by atoms with E-state index in [-0.39, 0.29) is 17.1 Å². The highest BCUT2D eigenvalue weighted by molar-refractivity contribution is 5.96. The van der Waals surface area contributed by atoms with Crippen molar-refractivity contribution in [3.63, 3.8) is 0 Å². The van der Waals surface area contributed by atoms with Crippen molar-refractivity contribution in [3.8, 4) is 0 Å². The molecule has 2 amide bonds. The summed E-state index contributed by atoms with van der Waals surface area (Å²) in [4.78, 5) is 41.7. The third kappa shape index (κ3) is 5.38. The summed E-state index contributed by atoms with van der Waals surface area (Å²) in [5.74, 6) is -0.411. The number of hydrogen-bond acceptors (Lipinski definition) is 4. The lowest BCUT2D eigenvalue weighted by atomic mass is 9.89. The lowest BCUT2D eigenvalue weighted by Gasteiger charge is -2.34. The highest BCUT2D eigenvalue weighted by Gasteiger charge is 2.31. The Labute approximate surface area is 232 Å². The van der Waals surface area contributed by atoms with Crippen molar-refractivity contribution in [3.05, 3.63) is 130 Å². The van der Waals surface area contributed by atoms with E-state index in [1.165, 1.54) is 11.6 Å². The van der Waals surface area contributed by atoms with Crippen LogP contribution in [0.5, 0.6) is 0 Å². The minimum absolute atomic E-state index is 0.109. The number of fused-ring (bicyclic) bond motifs is 2. The van der Waals surface area contributed by atoms with Crippen LogP contribution in [0.4, 0.5) is 0 Å². The van der Waals surface area contributed by atoms with E-state index in [0.717, 1.165) is 29.2 Å². The van der Waals surface area contributed by atoms with Crippen LogP contribution in [0, 0.1) is 0 Å². The van der Waals surface area contributed by atoms with Crippen LogP contribution in [-0.2, 0) is 11.2 Å². The van der Waals surface area contributed by atoms with Gasteiger partial charge in [0.1, 0.15) is 11.6 Å². The molecule has 6 rings (SSSR count). The zero-order chi connectivity index (χ0) is 27.5. The topological polar surface area (TPSA) is 79.6 Å². The molecule has 0 spiro atoms. The molecule has 0 bridgehead atoms. The maximum Gasteiger partial charge on any atom is 0.287 e. The molecular formula is C34H30N2O4. The minimum Gasteiger partial charge on any atom is -0.451 e. The summed E-state index contributed by atoms with van der Waals surface area (Å²) in [7, 11) is 0. The maximum absolute atomic E-state index is 13.9. The average molecular weight is 531 g/mol. The highest BCUT2D eigenvalue weighted by atomic mass is 16.3. The van der Waals surface area contributed by atoms with Crippen LogP contribution in [0.1, 0.15) is 40.4 Å². The second-order valence-electron chi connectivity index (χ2n) is 10.4. The SMILES string of the molecule is O=C(N[C@H](Cc1ccc2ccccc2c1)C(=O)N1CCC(c2ccccc2)CC1)c1cc(=O)c2ccccc2o1. The predicted octanol–water partition coefficient (Wildman–Crippen LogP) is 5.69. The summed E-state index contributed by atoms with van der Waals surface area (Å²) in [6.45, 7) is 1.24. The fourth-order valence-corrected chi connectivity index (χ4v) is 5.63. The van der Waals surface area contributed by atoms with Crippen LogP contribution in [0.15, 0.2) is 112 Å². The van der Waals surface area contributed by atoms with Gasteiger partial charge in [-0.15, -0.1) is 0 Å². The van der Waals surface area contributed by atoms with Gasteiger partial charge in [-0.3, -0.25) is 14.4 Å². The van der Waals surface area contributed by atoms with Gasteiger partial charge in [-0.05, 0) is 52.8 Å². The van der Waals surface area contributed by atoms with Gasteiger partial charge < -0.3 is 14.6 Å². The molecule has 0 aliphatic carbocycles. The Hall–Kier alpha value is -4.71. The predicted molar refractivity (Wildman–Crippen MR) is 156 cm³/mol. The lowest BCUT2D eigenvalue weighted by Crippen LogP contribution is -2.51. The summed E-state index contributed by atoms with van der Waals surface area (Å²) < 4.78 is 5.76. The zero-order valence-electron chi connectivity index (χ0n) is 22.1. The third-order valence-corrected chi connectivity index (χ3v) is 7.79. The summed E-state index contributed by atoms with van der Waals surface area (Å²) in [6, 6.07) is 31.7. The zero-order valence-corrected chi connectivity index (χ0v) is 22.1. The second-order valence-corrected chi connectivity index (χ2v) is 10.4. The van der Waals surface area contributed by atoms with Gasteiger partial charge in [-0.25, -0.2) is 0 Å². The Morgan fingerprint density at radius 3 is 2.33 bits per heavy atom. The normalized spacial score (nSPS) is 14.8. The largest absolute Gasteiger partial charge is 0.451 e. The third-order valence-electron chi connectivity index (χ3n) is 7.79. The van der Waals surface area contributed by atoms with Gasteiger partial charge in [0, 0.05) is 25.6 Å². The van der Waals surface area contributed by atoms with E-state index in [1.807, 2.05) is 59.5 Å². The van der Waals surface area contributed by atoms with E-state index in [0.29, 0.717) is 36.4 Å². The quantitative estimate of drug-likeness (QED) is 0.306. The van der Waals surface area contributed by atoms with Crippen molar-refractivity contribution in [2.24, 2.45) is 0 Å². The molecule has 1 N–H and O–H groups in total. The van der Waals surface area contributed by atoms with Crippen LogP contribution >= 0.6 is 0 Å². The van der Waals surface area contributed by atoms with Crippen molar-refractivity contribution < 1.29 is 14.0 Å². The second kappa shape index (κ2) is 11.2. The molecule has 0 unspecified atom stereocenters. The molecule has 200 valence electrons. The van der Waals surface area contributed by atoms with Crippen molar-refractivity contribution in [1.82, 2.24) is 10.2 Å². The van der Waals surface area contributed by atoms with Crippen LogP contribution in [0.25, 0.3) is 21.7 Å². The molecule has 40 heavy (non-hydrogen) atoms. The first kappa shape index (κ1) is 25.6. The lowest BCUT2D eigenvalue weighted by molar-refractivity contribution is -0.134. The first-order chi connectivity index (χ1) is 19.5. The number of hydrogen-bond donors (Lipinski definition) is 1. The van der Waals surface area contributed by atoms with E-state index in [4.69, 9.17) is 4.42 Å². The van der Waals surface area contributed by atoms with Crippen LogP contribution in [0.2, 0.25) is 0 Å². The molecule has 5 aromatic rings. The van der Waals surface area contributed by atoms with Gasteiger partial charge >= 0.3 is 0 Å². The van der Waals surface area contributed by atoms with E-state index in [2.05, 4.69) is 23.5 Å². The Morgan fingerprint density at radius 2 is 1.52 bits per heavy atom. The number of piperidine rings is 1. The summed E-state index contributed by atoms with van der Waals surface area (Å²) in [6.07, 6.45) is 2.06. The van der Waals surface area contributed by atoms with Crippen molar-refractivity contribution in [2.75, 3.05) is 13.1 Å². The minimum atomic E-state index is -0.807. The molecule has 1 saturated heterocycles. The molecule has 2 heterocycles. The maximum atomic E-state index is 13.9. The molecule has 1 fully saturated rings. The first-order valence-corrected chi connectivity index (χ1v) is 13.7. The Bertz CT molecular complexity index is 1740. The van der Waals surface area contributed by atoms with Crippen LogP contribution in [-0.4, -0.2) is 35.8 Å². The first-order valence-electron chi connectivity index (χ1n) is 13.7. The van der Waals surface area contributed by atoms with Gasteiger partial charge in [0.15, 0.2) is 11.2 Å². The van der Waals surface area contributed by atoms with E-state index in [1.54, 1.807) is 24.3 Å². The number of nitrogens with zero attached hydrogens (tertiary/aromatic N) is 1. The number of para-hydroxylation sites is 1. The molecule has 4 aromatic carbocycles. The molecule has 0 saturated carbocycles. The molecule has 0 radical (unpaired) electrons. The van der Waals surface area contributed by atoms with Gasteiger partial charge in [0.2, 0.25) is 5.91 Å². The molecule has 1 aliphatic rings. The van der Waals surface area contributed by atoms with E-state index >= 15 is 0 Å². The number of amides is 2. The smallest absolute Gasteiger partial charge is 0.287 e. The summed E-state index contributed by atoms with van der Waals surface area (Å²) >= 11 is 0. The molecule has 6 heteroatoms. The number of likely N-dealkylation sites (tertiary alicyclic amines) is 1. The standard InChI is InChI=1S/C34H30N2O4/c37-30-22-32(40-31-13-7-6-12-28(30)31)33(38)35-29(21-23-14-15-25-10-4-5-11-27(25)20-23)34(39)36-18-16-26(17-19-36)24-8-2-1-3-9-24/h1-15,20,22,26,29H,16-19,21H2,(H,35,38)/t29-/m1/s1. The fraction of sp³-hybridized carbons (Fsp3) is 0.206. The van der Waals surface area contributed by atoms with Crippen molar-refractivity contribution >= 4 is 33.6 Å². The Kier molecular flexibility index (Phi) is 7.15. The Morgan fingerprint density at radius 1 is 0.825 bits per heavy atom. The van der Waals surface area contributed by atoms with Crippen LogP contribution in [0.3, 0.4) is 0 Å². The van der Waals surface area contributed by atoms with Crippen molar-refractivity contribution in [2.45, 2.75) is 31.2 Å². The molecule has 1 aromatic heterocycles. The molecule has 1 aliphatic heterocycles. The highest BCUT2D eigenvalue weighted by Crippen LogP contribution is 2.28. The molecule has 6 nitrogen and oxygen atoms in total. The number of benzene rings is 4. The van der Waals surface area contributed by atoms with Gasteiger partial charge in [-0.1, -0.05) is 84.9 Å². The van der Waals surface area contributed by atoms with E-state index < -0.39 is 11.9 Å². The average Bonchev–Trinajstić information content (AvgIpc) is 3.01. The Balaban J connectivity index is 1.25. The van der Waals surface area contributed by atoms with Gasteiger partial charge in [0.25, 0.3) is 5.91 Å². The monoisotopic (exact) mass is 530 g/mol. The molecule has 1 atom stereocenters. The number of nitrogens with one attached hydrogen (secondary N) is 1. The van der Waals surface area contributed by atoms with Crippen molar-refractivity contribution in [1.29, 1.82) is 0 Å². The van der Waals surface area contributed by atoms with Gasteiger partial charge in [0.05, 0.1) is 5.39 Å². The van der Waals surface area contributed by atoms with E-state index in [9.17, 15) is 14.4 Å². The van der Waals surface area contributed by atoms with Crippen LogP contribution < -0.4 is 10.7 Å². The number of carbonyl (C=O) groups is 2.